The number of aromatic nitrogens is 1. The van der Waals surface area contributed by atoms with E-state index in [0.717, 1.165) is 25.1 Å². The minimum Gasteiger partial charge on any atom is -0.342 e. The average molecular weight is 319 g/mol. The van der Waals surface area contributed by atoms with E-state index in [4.69, 9.17) is 0 Å². The summed E-state index contributed by atoms with van der Waals surface area (Å²) in [4.78, 5) is 32.1. The number of hydrogen-bond acceptors (Lipinski definition) is 4. The highest BCUT2D eigenvalue weighted by Gasteiger charge is 2.37. The van der Waals surface area contributed by atoms with Crippen LogP contribution in [0.15, 0.2) is 0 Å². The zero-order valence-corrected chi connectivity index (χ0v) is 13.5. The van der Waals surface area contributed by atoms with Crippen molar-refractivity contribution in [2.45, 2.75) is 44.9 Å². The molecule has 1 aliphatic heterocycles. The van der Waals surface area contributed by atoms with E-state index in [1.165, 1.54) is 30.6 Å². The first-order valence-electron chi connectivity index (χ1n) is 8.26. The number of rotatable bonds is 4. The molecule has 0 aromatic carbocycles. The van der Waals surface area contributed by atoms with Crippen molar-refractivity contribution in [3.8, 4) is 0 Å². The highest BCUT2D eigenvalue weighted by Crippen LogP contribution is 2.33. The molecular weight excluding hydrogens is 298 g/mol. The van der Waals surface area contributed by atoms with Crippen molar-refractivity contribution < 1.29 is 9.59 Å². The van der Waals surface area contributed by atoms with Gasteiger partial charge in [0.1, 0.15) is 0 Å². The normalized spacial score (nSPS) is 24.5. The molecule has 2 heterocycles. The summed E-state index contributed by atoms with van der Waals surface area (Å²) >= 11 is 1.60. The fraction of sp³-hybridized carbons (Fsp3) is 0.688. The fourth-order valence-corrected chi connectivity index (χ4v) is 4.40. The average Bonchev–Trinajstić information content (AvgIpc) is 3.10. The number of carbonyl (C=O) groups is 2. The van der Waals surface area contributed by atoms with E-state index >= 15 is 0 Å². The monoisotopic (exact) mass is 319 g/mol. The lowest BCUT2D eigenvalue weighted by atomic mass is 10.0. The smallest absolute Gasteiger partial charge is 0.231 e. The second-order valence-corrected chi connectivity index (χ2v) is 7.81. The molecule has 1 aromatic rings. The van der Waals surface area contributed by atoms with Crippen molar-refractivity contribution in [2.75, 3.05) is 18.4 Å². The van der Waals surface area contributed by atoms with E-state index in [1.807, 2.05) is 4.90 Å². The number of fused-ring (bicyclic) bond motifs is 1. The van der Waals surface area contributed by atoms with Crippen molar-refractivity contribution in [3.63, 3.8) is 0 Å². The van der Waals surface area contributed by atoms with Gasteiger partial charge in [-0.2, -0.15) is 0 Å². The molecule has 0 radical (unpaired) electrons. The van der Waals surface area contributed by atoms with Gasteiger partial charge in [-0.15, -0.1) is 11.3 Å². The molecule has 2 aliphatic carbocycles. The van der Waals surface area contributed by atoms with Gasteiger partial charge in [-0.25, -0.2) is 4.98 Å². The summed E-state index contributed by atoms with van der Waals surface area (Å²) in [6, 6.07) is 0. The Balaban J connectivity index is 1.37. The first-order chi connectivity index (χ1) is 10.7. The van der Waals surface area contributed by atoms with E-state index in [9.17, 15) is 9.59 Å². The van der Waals surface area contributed by atoms with Gasteiger partial charge in [-0.1, -0.05) is 0 Å². The van der Waals surface area contributed by atoms with Crippen LogP contribution in [0.4, 0.5) is 5.13 Å². The Hall–Kier alpha value is -1.43. The molecule has 0 unspecified atom stereocenters. The molecule has 0 bridgehead atoms. The molecule has 1 atom stereocenters. The van der Waals surface area contributed by atoms with Gasteiger partial charge < -0.3 is 10.2 Å². The van der Waals surface area contributed by atoms with Gasteiger partial charge in [0, 0.05) is 24.4 Å². The standard InChI is InChI=1S/C16H21N3O2S/c20-14-7-11(9-19(14)8-10-5-6-10)15(21)18-16-17-12-3-1-2-4-13(12)22-16/h10-11H,1-9H2,(H,17,18,21)/t11-/m1/s1. The van der Waals surface area contributed by atoms with Crippen molar-refractivity contribution in [2.24, 2.45) is 11.8 Å². The van der Waals surface area contributed by atoms with Crippen LogP contribution in [-0.2, 0) is 22.4 Å². The van der Waals surface area contributed by atoms with Crippen molar-refractivity contribution in [3.05, 3.63) is 10.6 Å². The van der Waals surface area contributed by atoms with Gasteiger partial charge in [0.25, 0.3) is 0 Å². The molecule has 1 saturated carbocycles. The minimum atomic E-state index is -0.216. The Kier molecular flexibility index (Phi) is 3.64. The van der Waals surface area contributed by atoms with E-state index < -0.39 is 0 Å². The zero-order chi connectivity index (χ0) is 15.1. The highest BCUT2D eigenvalue weighted by molar-refractivity contribution is 7.15. The van der Waals surface area contributed by atoms with Gasteiger partial charge in [0.05, 0.1) is 11.6 Å². The number of carbonyl (C=O) groups excluding carboxylic acids is 2. The first-order valence-corrected chi connectivity index (χ1v) is 9.08. The van der Waals surface area contributed by atoms with Gasteiger partial charge in [0.15, 0.2) is 5.13 Å². The molecule has 3 aliphatic rings. The summed E-state index contributed by atoms with van der Waals surface area (Å²) in [7, 11) is 0. The Morgan fingerprint density at radius 2 is 2.14 bits per heavy atom. The summed E-state index contributed by atoms with van der Waals surface area (Å²) in [5.41, 5.74) is 1.16. The maximum atomic E-state index is 12.4. The largest absolute Gasteiger partial charge is 0.342 e. The minimum absolute atomic E-state index is 0.0438. The molecule has 22 heavy (non-hydrogen) atoms. The van der Waals surface area contributed by atoms with Gasteiger partial charge in [-0.3, -0.25) is 9.59 Å². The number of amides is 2. The van der Waals surface area contributed by atoms with Crippen LogP contribution < -0.4 is 5.32 Å². The van der Waals surface area contributed by atoms with Crippen LogP contribution in [0.3, 0.4) is 0 Å². The number of nitrogens with one attached hydrogen (secondary N) is 1. The zero-order valence-electron chi connectivity index (χ0n) is 12.6. The topological polar surface area (TPSA) is 62.3 Å². The lowest BCUT2D eigenvalue weighted by Gasteiger charge is -2.15. The third-order valence-corrected chi connectivity index (χ3v) is 5.91. The summed E-state index contributed by atoms with van der Waals surface area (Å²) in [6.07, 6.45) is 7.33. The summed E-state index contributed by atoms with van der Waals surface area (Å²) in [6.45, 7) is 1.42. The first kappa shape index (κ1) is 14.2. The van der Waals surface area contributed by atoms with E-state index in [-0.39, 0.29) is 17.7 Å². The number of thiazole rings is 1. The molecule has 1 saturated heterocycles. The Morgan fingerprint density at radius 3 is 2.91 bits per heavy atom. The summed E-state index contributed by atoms with van der Waals surface area (Å²) in [5.74, 6) is 0.548. The molecule has 1 aromatic heterocycles. The Bertz CT molecular complexity index is 585. The quantitative estimate of drug-likeness (QED) is 0.925. The summed E-state index contributed by atoms with van der Waals surface area (Å²) < 4.78 is 0. The van der Waals surface area contributed by atoms with E-state index in [1.54, 1.807) is 11.3 Å². The Morgan fingerprint density at radius 1 is 1.32 bits per heavy atom. The molecule has 0 spiro atoms. The lowest BCUT2D eigenvalue weighted by molar-refractivity contribution is -0.128. The predicted octanol–water partition coefficient (Wildman–Crippen LogP) is 2.22. The molecule has 2 fully saturated rings. The molecule has 118 valence electrons. The number of likely N-dealkylation sites (tertiary alicyclic amines) is 1. The Labute approximate surface area is 134 Å². The SMILES string of the molecule is O=C(Nc1nc2c(s1)CCCC2)[C@@H]1CC(=O)N(CC2CC2)C1. The van der Waals surface area contributed by atoms with E-state index in [0.29, 0.717) is 24.0 Å². The van der Waals surface area contributed by atoms with Crippen LogP contribution in [0.5, 0.6) is 0 Å². The molecule has 1 N–H and O–H groups in total. The predicted molar refractivity (Wildman–Crippen MR) is 84.8 cm³/mol. The molecule has 2 amide bonds. The van der Waals surface area contributed by atoms with Crippen molar-refractivity contribution in [1.29, 1.82) is 0 Å². The molecule has 4 rings (SSSR count). The molecule has 5 nitrogen and oxygen atoms in total. The maximum absolute atomic E-state index is 12.4. The van der Waals surface area contributed by atoms with Gasteiger partial charge in [0.2, 0.25) is 11.8 Å². The van der Waals surface area contributed by atoms with Gasteiger partial charge in [-0.05, 0) is 44.4 Å². The fourth-order valence-electron chi connectivity index (χ4n) is 3.35. The van der Waals surface area contributed by atoms with Crippen LogP contribution in [0.25, 0.3) is 0 Å². The van der Waals surface area contributed by atoms with Crippen molar-refractivity contribution >= 4 is 28.3 Å². The van der Waals surface area contributed by atoms with Crippen LogP contribution in [0, 0.1) is 11.8 Å². The van der Waals surface area contributed by atoms with Crippen molar-refractivity contribution in [1.82, 2.24) is 9.88 Å². The van der Waals surface area contributed by atoms with Crippen LogP contribution in [0.2, 0.25) is 0 Å². The summed E-state index contributed by atoms with van der Waals surface area (Å²) in [5, 5.41) is 3.65. The van der Waals surface area contributed by atoms with E-state index in [2.05, 4.69) is 10.3 Å². The number of anilines is 1. The highest BCUT2D eigenvalue weighted by atomic mass is 32.1. The van der Waals surface area contributed by atoms with Crippen LogP contribution >= 0.6 is 11.3 Å². The second-order valence-electron chi connectivity index (χ2n) is 6.73. The lowest BCUT2D eigenvalue weighted by Crippen LogP contribution is -2.29. The maximum Gasteiger partial charge on any atom is 0.231 e. The van der Waals surface area contributed by atoms with Crippen LogP contribution in [-0.4, -0.2) is 34.8 Å². The number of aryl methyl sites for hydroxylation is 2. The third kappa shape index (κ3) is 2.89. The number of hydrogen-bond donors (Lipinski definition) is 1. The van der Waals surface area contributed by atoms with Gasteiger partial charge >= 0.3 is 0 Å². The van der Waals surface area contributed by atoms with Crippen LogP contribution in [0.1, 0.15) is 42.7 Å². The molecular formula is C16H21N3O2S. The molecule has 6 heteroatoms. The second kappa shape index (κ2) is 5.65. The third-order valence-electron chi connectivity index (χ3n) is 4.84. The number of nitrogens with zero attached hydrogens (tertiary/aromatic N) is 2.